The summed E-state index contributed by atoms with van der Waals surface area (Å²) in [5.74, 6) is -0.833. The zero-order valence-corrected chi connectivity index (χ0v) is 11.2. The van der Waals surface area contributed by atoms with Gasteiger partial charge in [-0.3, -0.25) is 19.7 Å². The third kappa shape index (κ3) is 2.53. The van der Waals surface area contributed by atoms with Crippen LogP contribution in [0.15, 0.2) is 0 Å². The molecule has 98 valence electrons. The number of nitrogens with zero attached hydrogens (tertiary/aromatic N) is 1. The molecule has 0 amide bonds. The van der Waals surface area contributed by atoms with Crippen molar-refractivity contribution < 1.29 is 14.5 Å². The molecule has 0 fully saturated rings. The van der Waals surface area contributed by atoms with Crippen molar-refractivity contribution in [2.45, 2.75) is 59.4 Å². The number of rotatable bonds is 7. The van der Waals surface area contributed by atoms with Crippen molar-refractivity contribution in [3.8, 4) is 0 Å². The Bertz CT molecular complexity index is 319. The van der Waals surface area contributed by atoms with Crippen LogP contribution in [0.4, 0.5) is 0 Å². The summed E-state index contributed by atoms with van der Waals surface area (Å²) in [6.45, 7) is 7.16. The normalized spacial score (nSPS) is 12.3. The summed E-state index contributed by atoms with van der Waals surface area (Å²) in [7, 11) is 0. The van der Waals surface area contributed by atoms with E-state index in [0.717, 1.165) is 6.42 Å². The molecule has 0 aromatic rings. The van der Waals surface area contributed by atoms with Crippen LogP contribution < -0.4 is 0 Å². The number of ketones is 2. The summed E-state index contributed by atoms with van der Waals surface area (Å²) in [5.41, 5.74) is -3.08. The summed E-state index contributed by atoms with van der Waals surface area (Å²) in [4.78, 5) is 34.3. The van der Waals surface area contributed by atoms with Gasteiger partial charge in [0, 0.05) is 18.8 Å². The van der Waals surface area contributed by atoms with E-state index in [9.17, 15) is 19.7 Å². The van der Waals surface area contributed by atoms with Crippen molar-refractivity contribution in [1.29, 1.82) is 0 Å². The number of unbranched alkanes of at least 4 members (excludes halogenated alkanes) is 1. The molecule has 5 heteroatoms. The maximum absolute atomic E-state index is 11.8. The minimum absolute atomic E-state index is 0.238. The summed E-state index contributed by atoms with van der Waals surface area (Å²) >= 11 is 0. The number of nitro groups is 1. The number of carbonyl (C=O) groups is 2. The third-order valence-electron chi connectivity index (χ3n) is 3.61. The van der Waals surface area contributed by atoms with Crippen molar-refractivity contribution in [2.24, 2.45) is 5.41 Å². The molecule has 0 aliphatic carbocycles. The Morgan fingerprint density at radius 1 is 1.18 bits per heavy atom. The van der Waals surface area contributed by atoms with E-state index in [1.807, 2.05) is 6.92 Å². The molecule has 0 aliphatic heterocycles. The average molecular weight is 243 g/mol. The van der Waals surface area contributed by atoms with Gasteiger partial charge in [-0.2, -0.15) is 0 Å². The van der Waals surface area contributed by atoms with Crippen LogP contribution in [-0.2, 0) is 9.59 Å². The SMILES string of the molecule is CCCCC(C(C)=O)(C(C)=O)C(C)(C)[N+](=O)[O-]. The minimum Gasteiger partial charge on any atom is -0.299 e. The van der Waals surface area contributed by atoms with Gasteiger partial charge in [-0.15, -0.1) is 0 Å². The van der Waals surface area contributed by atoms with Crippen molar-refractivity contribution >= 4 is 11.6 Å². The van der Waals surface area contributed by atoms with Crippen molar-refractivity contribution in [3.63, 3.8) is 0 Å². The van der Waals surface area contributed by atoms with E-state index in [0.29, 0.717) is 6.42 Å². The lowest BCUT2D eigenvalue weighted by atomic mass is 9.63. The first kappa shape index (κ1) is 15.7. The van der Waals surface area contributed by atoms with Crippen LogP contribution in [-0.4, -0.2) is 22.0 Å². The topological polar surface area (TPSA) is 77.3 Å². The molecule has 0 radical (unpaired) electrons. The van der Waals surface area contributed by atoms with Crippen LogP contribution in [0.1, 0.15) is 53.9 Å². The third-order valence-corrected chi connectivity index (χ3v) is 3.61. The van der Waals surface area contributed by atoms with E-state index in [2.05, 4.69) is 0 Å². The Morgan fingerprint density at radius 3 is 1.82 bits per heavy atom. The highest BCUT2D eigenvalue weighted by atomic mass is 16.6. The molecular weight excluding hydrogens is 222 g/mol. The second-order valence-electron chi connectivity index (χ2n) is 4.94. The van der Waals surface area contributed by atoms with E-state index in [1.54, 1.807) is 0 Å². The van der Waals surface area contributed by atoms with E-state index in [4.69, 9.17) is 0 Å². The fourth-order valence-electron chi connectivity index (χ4n) is 2.37. The zero-order chi connectivity index (χ0) is 13.9. The van der Waals surface area contributed by atoms with Crippen molar-refractivity contribution in [1.82, 2.24) is 0 Å². The van der Waals surface area contributed by atoms with Crippen LogP contribution in [0, 0.1) is 15.5 Å². The largest absolute Gasteiger partial charge is 0.299 e. The minimum atomic E-state index is -1.57. The Balaban J connectivity index is 5.72. The predicted octanol–water partition coefficient (Wildman–Crippen LogP) is 2.40. The first-order chi connectivity index (χ1) is 7.64. The van der Waals surface area contributed by atoms with Gasteiger partial charge in [0.05, 0.1) is 0 Å². The molecule has 0 saturated heterocycles. The van der Waals surface area contributed by atoms with Gasteiger partial charge in [-0.05, 0) is 20.3 Å². The average Bonchev–Trinajstić information content (AvgIpc) is 2.16. The molecule has 5 nitrogen and oxygen atoms in total. The molecule has 0 saturated carbocycles. The van der Waals surface area contributed by atoms with Crippen molar-refractivity contribution in [3.05, 3.63) is 10.1 Å². The number of carbonyl (C=O) groups excluding carboxylic acids is 2. The van der Waals surface area contributed by atoms with Gasteiger partial charge in [0.2, 0.25) is 5.54 Å². The highest BCUT2D eigenvalue weighted by Crippen LogP contribution is 2.40. The fourth-order valence-corrected chi connectivity index (χ4v) is 2.37. The first-order valence-electron chi connectivity index (χ1n) is 5.81. The Kier molecular flexibility index (Phi) is 4.98. The Labute approximate surface area is 102 Å². The monoisotopic (exact) mass is 243 g/mol. The molecule has 17 heavy (non-hydrogen) atoms. The number of hydrogen-bond acceptors (Lipinski definition) is 4. The lowest BCUT2D eigenvalue weighted by Gasteiger charge is -2.36. The summed E-state index contributed by atoms with van der Waals surface area (Å²) in [6, 6.07) is 0. The van der Waals surface area contributed by atoms with Gasteiger partial charge in [0.15, 0.2) is 17.0 Å². The van der Waals surface area contributed by atoms with Gasteiger partial charge in [0.25, 0.3) is 0 Å². The smallest absolute Gasteiger partial charge is 0.236 e. The number of Topliss-reactive ketones (excluding diaryl/α,β-unsaturated/α-hetero) is 2. The molecule has 0 unspecified atom stereocenters. The van der Waals surface area contributed by atoms with E-state index in [1.165, 1.54) is 27.7 Å². The maximum atomic E-state index is 11.8. The quantitative estimate of drug-likeness (QED) is 0.391. The van der Waals surface area contributed by atoms with E-state index < -0.39 is 27.4 Å². The molecule has 0 aromatic carbocycles. The summed E-state index contributed by atoms with van der Waals surface area (Å²) in [6.07, 6.45) is 1.65. The summed E-state index contributed by atoms with van der Waals surface area (Å²) in [5, 5.41) is 11.1. The predicted molar refractivity (Wildman–Crippen MR) is 64.4 cm³/mol. The van der Waals surface area contributed by atoms with Gasteiger partial charge < -0.3 is 0 Å². The van der Waals surface area contributed by atoms with Gasteiger partial charge in [0.1, 0.15) is 0 Å². The molecule has 0 heterocycles. The van der Waals surface area contributed by atoms with Crippen LogP contribution >= 0.6 is 0 Å². The number of hydrogen-bond donors (Lipinski definition) is 0. The lowest BCUT2D eigenvalue weighted by Crippen LogP contribution is -2.57. The molecule has 0 aromatic heterocycles. The van der Waals surface area contributed by atoms with Crippen molar-refractivity contribution in [2.75, 3.05) is 0 Å². The van der Waals surface area contributed by atoms with E-state index >= 15 is 0 Å². The lowest BCUT2D eigenvalue weighted by molar-refractivity contribution is -0.574. The zero-order valence-electron chi connectivity index (χ0n) is 11.2. The molecule has 0 aliphatic rings. The standard InChI is InChI=1S/C12H21NO4/c1-6-7-8-12(9(2)14,10(3)15)11(4,5)13(16)17/h6-8H2,1-5H3. The molecule has 0 spiro atoms. The molecule has 0 bridgehead atoms. The fraction of sp³-hybridized carbons (Fsp3) is 0.833. The van der Waals surface area contributed by atoms with Crippen LogP contribution in [0.3, 0.4) is 0 Å². The van der Waals surface area contributed by atoms with Gasteiger partial charge >= 0.3 is 0 Å². The van der Waals surface area contributed by atoms with E-state index in [-0.39, 0.29) is 6.42 Å². The maximum Gasteiger partial charge on any atom is 0.236 e. The Morgan fingerprint density at radius 2 is 1.59 bits per heavy atom. The first-order valence-corrected chi connectivity index (χ1v) is 5.81. The van der Waals surface area contributed by atoms with Crippen LogP contribution in [0.5, 0.6) is 0 Å². The Hall–Kier alpha value is -1.26. The van der Waals surface area contributed by atoms with Crippen LogP contribution in [0.25, 0.3) is 0 Å². The van der Waals surface area contributed by atoms with Gasteiger partial charge in [-0.25, -0.2) is 0 Å². The van der Waals surface area contributed by atoms with Crippen LogP contribution in [0.2, 0.25) is 0 Å². The highest BCUT2D eigenvalue weighted by molar-refractivity contribution is 6.06. The molecule has 0 rings (SSSR count). The van der Waals surface area contributed by atoms with Gasteiger partial charge in [-0.1, -0.05) is 19.8 Å². The molecule has 0 N–H and O–H groups in total. The second kappa shape index (κ2) is 5.38. The highest BCUT2D eigenvalue weighted by Gasteiger charge is 2.60. The molecule has 0 atom stereocenters. The second-order valence-corrected chi connectivity index (χ2v) is 4.94. The molecular formula is C12H21NO4. The summed E-state index contributed by atoms with van der Waals surface area (Å²) < 4.78 is 0.